The predicted octanol–water partition coefficient (Wildman–Crippen LogP) is 3.36. The van der Waals surface area contributed by atoms with E-state index >= 15 is 0 Å². The minimum absolute atomic E-state index is 0.617. The van der Waals surface area contributed by atoms with Crippen LogP contribution in [0.15, 0.2) is 30.5 Å². The monoisotopic (exact) mass is 313 g/mol. The molecule has 0 radical (unpaired) electrons. The molecule has 2 aliphatic rings. The highest BCUT2D eigenvalue weighted by atomic mass is 32.1. The Kier molecular flexibility index (Phi) is 3.78. The Morgan fingerprint density at radius 2 is 2.14 bits per heavy atom. The van der Waals surface area contributed by atoms with Gasteiger partial charge in [-0.05, 0) is 61.4 Å². The summed E-state index contributed by atoms with van der Waals surface area (Å²) in [6.45, 7) is 0.883. The maximum Gasteiger partial charge on any atom is 0.166 e. The van der Waals surface area contributed by atoms with Gasteiger partial charge in [-0.1, -0.05) is 24.6 Å². The van der Waals surface area contributed by atoms with E-state index in [0.717, 1.165) is 29.9 Å². The van der Waals surface area contributed by atoms with Crippen LogP contribution in [0.3, 0.4) is 0 Å². The lowest BCUT2D eigenvalue weighted by atomic mass is 9.96. The van der Waals surface area contributed by atoms with Crippen LogP contribution in [-0.2, 0) is 6.42 Å². The van der Waals surface area contributed by atoms with E-state index in [1.54, 1.807) is 0 Å². The molecule has 0 aliphatic heterocycles. The van der Waals surface area contributed by atoms with Gasteiger partial charge in [0, 0.05) is 29.7 Å². The molecule has 0 amide bonds. The van der Waals surface area contributed by atoms with Crippen molar-refractivity contribution >= 4 is 28.2 Å². The van der Waals surface area contributed by atoms with Gasteiger partial charge in [-0.2, -0.15) is 0 Å². The first-order chi connectivity index (χ1) is 10.8. The van der Waals surface area contributed by atoms with E-state index in [9.17, 15) is 0 Å². The second-order valence-corrected chi connectivity index (χ2v) is 7.20. The summed E-state index contributed by atoms with van der Waals surface area (Å²) >= 11 is 5.47. The van der Waals surface area contributed by atoms with Crippen molar-refractivity contribution in [3.05, 3.63) is 36.0 Å². The predicted molar refractivity (Wildman–Crippen MR) is 95.0 cm³/mol. The minimum Gasteiger partial charge on any atom is -0.362 e. The number of fused-ring (bicyclic) bond motifs is 3. The smallest absolute Gasteiger partial charge is 0.166 e. The molecule has 3 atom stereocenters. The molecule has 0 unspecified atom stereocenters. The Morgan fingerprint density at radius 1 is 1.23 bits per heavy atom. The van der Waals surface area contributed by atoms with Crippen molar-refractivity contribution in [1.82, 2.24) is 15.6 Å². The van der Waals surface area contributed by atoms with Crippen LogP contribution in [-0.4, -0.2) is 22.7 Å². The van der Waals surface area contributed by atoms with Crippen LogP contribution in [0, 0.1) is 11.8 Å². The summed E-state index contributed by atoms with van der Waals surface area (Å²) in [5, 5.41) is 9.07. The third-order valence-electron chi connectivity index (χ3n) is 5.41. The fraction of sp³-hybridized carbons (Fsp3) is 0.500. The van der Waals surface area contributed by atoms with Gasteiger partial charge in [-0.3, -0.25) is 0 Å². The molecule has 116 valence electrons. The summed E-state index contributed by atoms with van der Waals surface area (Å²) in [6, 6.07) is 9.07. The standard InChI is InChI=1S/C18H23N3S/c22-18(21-17-10-12-5-6-13(17)9-12)19-8-7-14-11-20-16-4-2-1-3-15(14)16/h1-4,11-13,17,20H,5-10H2,(H2,19,21,22)/t12-,13+,17+/m0/s1. The molecule has 4 heteroatoms. The summed E-state index contributed by atoms with van der Waals surface area (Å²) in [4.78, 5) is 3.33. The molecule has 1 aromatic carbocycles. The largest absolute Gasteiger partial charge is 0.362 e. The fourth-order valence-corrected chi connectivity index (χ4v) is 4.54. The van der Waals surface area contributed by atoms with Crippen molar-refractivity contribution in [2.75, 3.05) is 6.54 Å². The van der Waals surface area contributed by atoms with Crippen molar-refractivity contribution in [3.63, 3.8) is 0 Å². The molecule has 2 aromatic rings. The van der Waals surface area contributed by atoms with Gasteiger partial charge in [-0.25, -0.2) is 0 Å². The number of thiocarbonyl (C=S) groups is 1. The first-order valence-corrected chi connectivity index (χ1v) is 8.80. The van der Waals surface area contributed by atoms with E-state index in [1.165, 1.54) is 42.1 Å². The Labute approximate surface area is 136 Å². The number of hydrogen-bond donors (Lipinski definition) is 3. The van der Waals surface area contributed by atoms with Crippen LogP contribution >= 0.6 is 12.2 Å². The number of aromatic nitrogens is 1. The topological polar surface area (TPSA) is 39.9 Å². The Bertz CT molecular complexity index is 678. The summed E-state index contributed by atoms with van der Waals surface area (Å²) in [6.07, 6.45) is 8.65. The Balaban J connectivity index is 1.27. The second-order valence-electron chi connectivity index (χ2n) is 6.79. The first-order valence-electron chi connectivity index (χ1n) is 8.39. The van der Waals surface area contributed by atoms with E-state index in [4.69, 9.17) is 12.2 Å². The molecular formula is C18H23N3S. The normalized spacial score (nSPS) is 26.5. The van der Waals surface area contributed by atoms with Crippen LogP contribution in [0.4, 0.5) is 0 Å². The number of H-pyrrole nitrogens is 1. The number of nitrogens with one attached hydrogen (secondary N) is 3. The molecule has 2 fully saturated rings. The number of benzene rings is 1. The molecule has 3 nitrogen and oxygen atoms in total. The van der Waals surface area contributed by atoms with Gasteiger partial charge in [0.1, 0.15) is 0 Å². The summed E-state index contributed by atoms with van der Waals surface area (Å²) in [5.74, 6) is 1.81. The highest BCUT2D eigenvalue weighted by Crippen LogP contribution is 2.44. The van der Waals surface area contributed by atoms with Gasteiger partial charge in [0.05, 0.1) is 0 Å². The molecular weight excluding hydrogens is 290 g/mol. The quantitative estimate of drug-likeness (QED) is 0.758. The lowest BCUT2D eigenvalue weighted by Gasteiger charge is -2.24. The van der Waals surface area contributed by atoms with Crippen molar-refractivity contribution in [3.8, 4) is 0 Å². The number of aromatic amines is 1. The van der Waals surface area contributed by atoms with Crippen LogP contribution in [0.2, 0.25) is 0 Å². The number of rotatable bonds is 4. The zero-order valence-electron chi connectivity index (χ0n) is 12.8. The van der Waals surface area contributed by atoms with Crippen LogP contribution in [0.5, 0.6) is 0 Å². The maximum atomic E-state index is 5.47. The highest BCUT2D eigenvalue weighted by Gasteiger charge is 2.39. The molecule has 0 saturated heterocycles. The number of hydrogen-bond acceptors (Lipinski definition) is 1. The molecule has 1 heterocycles. The van der Waals surface area contributed by atoms with E-state index in [0.29, 0.717) is 6.04 Å². The van der Waals surface area contributed by atoms with Gasteiger partial charge >= 0.3 is 0 Å². The maximum absolute atomic E-state index is 5.47. The lowest BCUT2D eigenvalue weighted by molar-refractivity contribution is 0.389. The van der Waals surface area contributed by atoms with E-state index in [1.807, 2.05) is 0 Å². The molecule has 0 spiro atoms. The van der Waals surface area contributed by atoms with E-state index < -0.39 is 0 Å². The third-order valence-corrected chi connectivity index (χ3v) is 5.67. The molecule has 1 aromatic heterocycles. The molecule has 22 heavy (non-hydrogen) atoms. The van der Waals surface area contributed by atoms with Crippen molar-refractivity contribution in [1.29, 1.82) is 0 Å². The molecule has 3 N–H and O–H groups in total. The Hall–Kier alpha value is -1.55. The van der Waals surface area contributed by atoms with Gasteiger partial charge < -0.3 is 15.6 Å². The van der Waals surface area contributed by atoms with Crippen molar-refractivity contribution in [2.24, 2.45) is 11.8 Å². The van der Waals surface area contributed by atoms with E-state index in [-0.39, 0.29) is 0 Å². The average molecular weight is 313 g/mol. The van der Waals surface area contributed by atoms with Crippen LogP contribution in [0.25, 0.3) is 10.9 Å². The first kappa shape index (κ1) is 14.1. The van der Waals surface area contributed by atoms with Gasteiger partial charge in [-0.15, -0.1) is 0 Å². The summed E-state index contributed by atoms with van der Waals surface area (Å²) in [7, 11) is 0. The third kappa shape index (κ3) is 2.72. The van der Waals surface area contributed by atoms with Gasteiger partial charge in [0.15, 0.2) is 5.11 Å². The lowest BCUT2D eigenvalue weighted by Crippen LogP contribution is -2.44. The SMILES string of the molecule is S=C(NCCc1c[nH]c2ccccc12)N[C@@H]1C[C@H]2CC[C@@H]1C2. The van der Waals surface area contributed by atoms with Gasteiger partial charge in [0.2, 0.25) is 0 Å². The number of para-hydroxylation sites is 1. The Morgan fingerprint density at radius 3 is 2.95 bits per heavy atom. The highest BCUT2D eigenvalue weighted by molar-refractivity contribution is 7.80. The fourth-order valence-electron chi connectivity index (χ4n) is 4.29. The molecule has 2 aliphatic carbocycles. The second kappa shape index (κ2) is 5.92. The van der Waals surface area contributed by atoms with Gasteiger partial charge in [0.25, 0.3) is 0 Å². The minimum atomic E-state index is 0.617. The molecule has 2 saturated carbocycles. The van der Waals surface area contributed by atoms with Crippen molar-refractivity contribution < 1.29 is 0 Å². The average Bonchev–Trinajstić information content (AvgIpc) is 3.23. The van der Waals surface area contributed by atoms with E-state index in [2.05, 4.69) is 46.1 Å². The van der Waals surface area contributed by atoms with Crippen LogP contribution in [0.1, 0.15) is 31.2 Å². The van der Waals surface area contributed by atoms with Crippen LogP contribution < -0.4 is 10.6 Å². The van der Waals surface area contributed by atoms with Crippen molar-refractivity contribution in [2.45, 2.75) is 38.1 Å². The molecule has 4 rings (SSSR count). The zero-order valence-corrected chi connectivity index (χ0v) is 13.6. The summed E-state index contributed by atoms with van der Waals surface area (Å²) in [5.41, 5.74) is 2.56. The summed E-state index contributed by atoms with van der Waals surface area (Å²) < 4.78 is 0. The zero-order chi connectivity index (χ0) is 14.9. The molecule has 2 bridgehead atoms.